The van der Waals surface area contributed by atoms with Crippen molar-refractivity contribution < 1.29 is 34.8 Å². The van der Waals surface area contributed by atoms with Gasteiger partial charge >= 0.3 is 0 Å². The van der Waals surface area contributed by atoms with Crippen LogP contribution >= 0.6 is 0 Å². The van der Waals surface area contributed by atoms with Crippen molar-refractivity contribution in [2.75, 3.05) is 18.5 Å². The van der Waals surface area contributed by atoms with Gasteiger partial charge in [0.2, 0.25) is 5.91 Å². The van der Waals surface area contributed by atoms with Crippen LogP contribution in [0.4, 0.5) is 5.82 Å². The maximum Gasteiger partial charge on any atom is 0.257 e. The van der Waals surface area contributed by atoms with Crippen molar-refractivity contribution in [3.05, 3.63) is 12.7 Å². The number of hydrogen-bond acceptors (Lipinski definition) is 11. The van der Waals surface area contributed by atoms with Crippen LogP contribution in [-0.2, 0) is 14.3 Å². The lowest BCUT2D eigenvalue weighted by Crippen LogP contribution is -2.41. The number of carbonyl (C=O) groups excluding carboxylic acids is 2. The first-order chi connectivity index (χ1) is 13.3. The molecule has 0 spiro atoms. The molecule has 13 nitrogen and oxygen atoms in total. The molecule has 6 N–H and O–H groups in total. The van der Waals surface area contributed by atoms with Crippen LogP contribution in [0.1, 0.15) is 13.2 Å². The highest BCUT2D eigenvalue weighted by Gasteiger charge is 2.44. The van der Waals surface area contributed by atoms with Gasteiger partial charge in [0, 0.05) is 6.92 Å². The fourth-order valence-electron chi connectivity index (χ4n) is 2.82. The van der Waals surface area contributed by atoms with Gasteiger partial charge < -0.3 is 30.5 Å². The second-order valence-corrected chi connectivity index (χ2v) is 6.22. The first-order valence-electron chi connectivity index (χ1n) is 8.36. The number of anilines is 1. The van der Waals surface area contributed by atoms with Gasteiger partial charge in [-0.15, -0.1) is 0 Å². The predicted octanol–water partition coefficient (Wildman–Crippen LogP) is -3.13. The number of imide groups is 1. The molecular formula is C15H20N6O7. The van der Waals surface area contributed by atoms with Gasteiger partial charge in [-0.05, 0) is 0 Å². The number of fused-ring (bicyclic) bond motifs is 1. The van der Waals surface area contributed by atoms with Crippen LogP contribution in [0.25, 0.3) is 11.2 Å². The third-order valence-corrected chi connectivity index (χ3v) is 4.21. The summed E-state index contributed by atoms with van der Waals surface area (Å²) in [6, 6.07) is 0. The van der Waals surface area contributed by atoms with Crippen molar-refractivity contribution in [1.29, 1.82) is 0 Å². The Balaban J connectivity index is 1.78. The number of nitrogens with zero attached hydrogens (tertiary/aromatic N) is 4. The Morgan fingerprint density at radius 3 is 2.68 bits per heavy atom. The van der Waals surface area contributed by atoms with Crippen molar-refractivity contribution in [1.82, 2.24) is 24.8 Å². The molecule has 5 atom stereocenters. The second-order valence-electron chi connectivity index (χ2n) is 6.22. The molecule has 1 saturated heterocycles. The number of carbonyl (C=O) groups is 2. The van der Waals surface area contributed by atoms with Gasteiger partial charge in [-0.1, -0.05) is 0 Å². The number of nitrogens with one attached hydrogen (secondary N) is 2. The van der Waals surface area contributed by atoms with Gasteiger partial charge in [0.25, 0.3) is 5.91 Å². The van der Waals surface area contributed by atoms with E-state index < -0.39 is 49.1 Å². The molecule has 0 saturated carbocycles. The molecule has 13 heteroatoms. The molecule has 2 aromatic heterocycles. The highest BCUT2D eigenvalue weighted by atomic mass is 16.6. The minimum atomic E-state index is -1.50. The van der Waals surface area contributed by atoms with Crippen molar-refractivity contribution in [2.24, 2.45) is 0 Å². The molecule has 2 aromatic rings. The van der Waals surface area contributed by atoms with Crippen LogP contribution in [0.5, 0.6) is 0 Å². The summed E-state index contributed by atoms with van der Waals surface area (Å²) < 4.78 is 6.84. The summed E-state index contributed by atoms with van der Waals surface area (Å²) >= 11 is 0. The van der Waals surface area contributed by atoms with E-state index in [1.165, 1.54) is 17.2 Å². The summed E-state index contributed by atoms with van der Waals surface area (Å²) in [5.74, 6) is -1.25. The van der Waals surface area contributed by atoms with Crippen molar-refractivity contribution in [3.8, 4) is 0 Å². The van der Waals surface area contributed by atoms with E-state index in [0.29, 0.717) is 0 Å². The molecule has 1 fully saturated rings. The molecule has 0 aromatic carbocycles. The first kappa shape index (κ1) is 20.0. The zero-order chi connectivity index (χ0) is 20.4. The molecular weight excluding hydrogens is 376 g/mol. The smallest absolute Gasteiger partial charge is 0.257 e. The van der Waals surface area contributed by atoms with E-state index in [9.17, 15) is 30.0 Å². The maximum absolute atomic E-state index is 11.6. The van der Waals surface area contributed by atoms with Crippen molar-refractivity contribution in [3.63, 3.8) is 0 Å². The third-order valence-electron chi connectivity index (χ3n) is 4.21. The van der Waals surface area contributed by atoms with Gasteiger partial charge in [-0.25, -0.2) is 15.0 Å². The van der Waals surface area contributed by atoms with Gasteiger partial charge in [-0.3, -0.25) is 19.5 Å². The van der Waals surface area contributed by atoms with Gasteiger partial charge in [-0.2, -0.15) is 0 Å². The van der Waals surface area contributed by atoms with Crippen molar-refractivity contribution >= 4 is 28.8 Å². The third kappa shape index (κ3) is 3.79. The molecule has 3 rings (SSSR count). The average molecular weight is 396 g/mol. The molecule has 28 heavy (non-hydrogen) atoms. The Bertz CT molecular complexity index is 874. The minimum Gasteiger partial charge on any atom is -0.394 e. The summed E-state index contributed by atoms with van der Waals surface area (Å²) in [5, 5.41) is 43.8. The maximum atomic E-state index is 11.6. The number of aliphatic hydroxyl groups is 4. The standard InChI is InChI=1S/C15H20N6O7/c1-6(23)20-14(27)7(24)2-16-12-9-13(18-4-17-12)21(5-19-9)15-11(26)10(25)8(3-22)28-15/h4-5,7-8,10-11,15,22,24-26H,2-3H2,1H3,(H,16,17,18)(H,20,23,27)/t7?,8-,10-,11-,15-/m1/s1. The van der Waals surface area contributed by atoms with Crippen LogP contribution in [0.15, 0.2) is 12.7 Å². The van der Waals surface area contributed by atoms with E-state index in [4.69, 9.17) is 4.74 Å². The van der Waals surface area contributed by atoms with Crippen LogP contribution in [-0.4, -0.2) is 89.3 Å². The molecule has 0 radical (unpaired) electrons. The van der Waals surface area contributed by atoms with Gasteiger partial charge in [0.15, 0.2) is 23.2 Å². The SMILES string of the molecule is CC(=O)NC(=O)C(O)CNc1ncnc2c1ncn2[C@@H]1O[C@H](CO)[C@@H](O)[C@H]1O. The number of ether oxygens (including phenoxy) is 1. The van der Waals surface area contributed by atoms with Crippen LogP contribution in [0, 0.1) is 0 Å². The molecule has 1 unspecified atom stereocenters. The Hall–Kier alpha value is -2.71. The zero-order valence-electron chi connectivity index (χ0n) is 14.8. The second kappa shape index (κ2) is 8.12. The highest BCUT2D eigenvalue weighted by molar-refractivity contribution is 5.96. The summed E-state index contributed by atoms with van der Waals surface area (Å²) in [6.07, 6.45) is -3.54. The van der Waals surface area contributed by atoms with E-state index in [-0.39, 0.29) is 23.5 Å². The molecule has 3 heterocycles. The number of hydrogen-bond donors (Lipinski definition) is 6. The Morgan fingerprint density at radius 1 is 1.29 bits per heavy atom. The zero-order valence-corrected chi connectivity index (χ0v) is 14.8. The lowest BCUT2D eigenvalue weighted by Gasteiger charge is -2.16. The monoisotopic (exact) mass is 396 g/mol. The lowest BCUT2D eigenvalue weighted by molar-refractivity contribution is -0.134. The molecule has 2 amide bonds. The molecule has 0 bridgehead atoms. The summed E-state index contributed by atoms with van der Waals surface area (Å²) in [7, 11) is 0. The number of amides is 2. The molecule has 1 aliphatic rings. The van der Waals surface area contributed by atoms with Crippen LogP contribution < -0.4 is 10.6 Å². The topological polar surface area (TPSA) is 192 Å². The van der Waals surface area contributed by atoms with Crippen molar-refractivity contribution in [2.45, 2.75) is 37.6 Å². The average Bonchev–Trinajstić information content (AvgIpc) is 3.21. The number of rotatable bonds is 6. The summed E-state index contributed by atoms with van der Waals surface area (Å²) in [6.45, 7) is 0.436. The largest absolute Gasteiger partial charge is 0.394 e. The fourth-order valence-corrected chi connectivity index (χ4v) is 2.82. The predicted molar refractivity (Wildman–Crippen MR) is 91.7 cm³/mol. The Labute approximate surface area is 158 Å². The normalized spacial score (nSPS) is 25.6. The summed E-state index contributed by atoms with van der Waals surface area (Å²) in [4.78, 5) is 34.7. The van der Waals surface area contributed by atoms with E-state index in [1.54, 1.807) is 0 Å². The Kier molecular flexibility index (Phi) is 5.81. The van der Waals surface area contributed by atoms with E-state index >= 15 is 0 Å². The van der Waals surface area contributed by atoms with E-state index in [0.717, 1.165) is 6.92 Å². The van der Waals surface area contributed by atoms with Crippen LogP contribution in [0.3, 0.4) is 0 Å². The fraction of sp³-hybridized carbons (Fsp3) is 0.533. The molecule has 152 valence electrons. The van der Waals surface area contributed by atoms with Gasteiger partial charge in [0.05, 0.1) is 19.5 Å². The number of aromatic nitrogens is 4. The molecule has 0 aliphatic carbocycles. The quantitative estimate of drug-likeness (QED) is 0.289. The number of imidazole rings is 1. The summed E-state index contributed by atoms with van der Waals surface area (Å²) in [5.41, 5.74) is 0.523. The molecule has 1 aliphatic heterocycles. The van der Waals surface area contributed by atoms with E-state index in [1.807, 2.05) is 5.32 Å². The van der Waals surface area contributed by atoms with E-state index in [2.05, 4.69) is 20.3 Å². The van der Waals surface area contributed by atoms with Crippen LogP contribution in [0.2, 0.25) is 0 Å². The minimum absolute atomic E-state index is 0.199. The Morgan fingerprint density at radius 2 is 2.04 bits per heavy atom. The number of aliphatic hydroxyl groups excluding tert-OH is 4. The first-order valence-corrected chi connectivity index (χ1v) is 8.36. The lowest BCUT2D eigenvalue weighted by atomic mass is 10.1. The highest BCUT2D eigenvalue weighted by Crippen LogP contribution is 2.31. The van der Waals surface area contributed by atoms with Gasteiger partial charge in [0.1, 0.15) is 30.7 Å².